The second-order valence-electron chi connectivity index (χ2n) is 6.27. The van der Waals surface area contributed by atoms with E-state index in [1.807, 2.05) is 12.3 Å². The Kier molecular flexibility index (Phi) is 3.67. The fraction of sp³-hybridized carbons (Fsp3) is 0.667. The molecule has 0 aliphatic heterocycles. The van der Waals surface area contributed by atoms with Gasteiger partial charge in [0.25, 0.3) is 5.91 Å². The Morgan fingerprint density at radius 2 is 2.15 bits per heavy atom. The van der Waals surface area contributed by atoms with Gasteiger partial charge in [-0.15, -0.1) is 0 Å². The standard InChI is InChI=1S/C15H21BrN2O2/c1-17(10-15(20)6-2-3-7-15)14(19)13-8-11(16)9-18(13)12-4-5-12/h8-9,12,20H,2-7,10H2,1H3. The molecule has 0 unspecified atom stereocenters. The Morgan fingerprint density at radius 3 is 2.75 bits per heavy atom. The zero-order chi connectivity index (χ0) is 14.3. The third-order valence-electron chi connectivity index (χ3n) is 4.39. The van der Waals surface area contributed by atoms with E-state index in [-0.39, 0.29) is 5.91 Å². The lowest BCUT2D eigenvalue weighted by Crippen LogP contribution is -2.42. The molecule has 4 nitrogen and oxygen atoms in total. The molecule has 1 amide bonds. The highest BCUT2D eigenvalue weighted by atomic mass is 79.9. The molecule has 2 fully saturated rings. The summed E-state index contributed by atoms with van der Waals surface area (Å²) in [5.74, 6) is 0.00271. The van der Waals surface area contributed by atoms with Crippen LogP contribution >= 0.6 is 15.9 Å². The van der Waals surface area contributed by atoms with Gasteiger partial charge in [-0.05, 0) is 47.7 Å². The Balaban J connectivity index is 1.74. The Hall–Kier alpha value is -0.810. The lowest BCUT2D eigenvalue weighted by molar-refractivity contribution is 0.0153. The summed E-state index contributed by atoms with van der Waals surface area (Å²) >= 11 is 3.45. The maximum absolute atomic E-state index is 12.6. The first-order valence-electron chi connectivity index (χ1n) is 7.34. The molecule has 1 N–H and O–H groups in total. The zero-order valence-electron chi connectivity index (χ0n) is 11.8. The molecule has 0 bridgehead atoms. The predicted molar refractivity (Wildman–Crippen MR) is 80.8 cm³/mol. The molecule has 0 atom stereocenters. The molecule has 0 saturated heterocycles. The van der Waals surface area contributed by atoms with Crippen LogP contribution in [0.15, 0.2) is 16.7 Å². The van der Waals surface area contributed by atoms with Crippen LogP contribution in [-0.4, -0.2) is 39.7 Å². The molecule has 5 heteroatoms. The molecule has 1 aromatic rings. The molecule has 3 rings (SSSR count). The second-order valence-corrected chi connectivity index (χ2v) is 7.19. The van der Waals surface area contributed by atoms with Crippen molar-refractivity contribution in [3.8, 4) is 0 Å². The maximum Gasteiger partial charge on any atom is 0.270 e. The first kappa shape index (κ1) is 14.1. The number of hydrogen-bond acceptors (Lipinski definition) is 2. The number of halogens is 1. The lowest BCUT2D eigenvalue weighted by atomic mass is 10.0. The number of rotatable bonds is 4. The zero-order valence-corrected chi connectivity index (χ0v) is 13.4. The number of amides is 1. The third-order valence-corrected chi connectivity index (χ3v) is 4.82. The van der Waals surface area contributed by atoms with Crippen LogP contribution in [0, 0.1) is 0 Å². The number of likely N-dealkylation sites (N-methyl/N-ethyl adjacent to an activating group) is 1. The molecular weight excluding hydrogens is 320 g/mol. The Labute approximate surface area is 127 Å². The van der Waals surface area contributed by atoms with Gasteiger partial charge in [-0.2, -0.15) is 0 Å². The number of carbonyl (C=O) groups is 1. The SMILES string of the molecule is CN(CC1(O)CCCC1)C(=O)c1cc(Br)cn1C1CC1. The van der Waals surface area contributed by atoms with Crippen molar-refractivity contribution in [2.75, 3.05) is 13.6 Å². The highest BCUT2D eigenvalue weighted by Crippen LogP contribution is 2.38. The smallest absolute Gasteiger partial charge is 0.270 e. The highest BCUT2D eigenvalue weighted by molar-refractivity contribution is 9.10. The average molecular weight is 341 g/mol. The summed E-state index contributed by atoms with van der Waals surface area (Å²) in [5.41, 5.74) is 0.0435. The van der Waals surface area contributed by atoms with Crippen LogP contribution in [-0.2, 0) is 0 Å². The predicted octanol–water partition coefficient (Wildman–Crippen LogP) is 2.96. The van der Waals surface area contributed by atoms with Crippen molar-refractivity contribution in [2.45, 2.75) is 50.2 Å². The summed E-state index contributed by atoms with van der Waals surface area (Å²) < 4.78 is 3.02. The van der Waals surface area contributed by atoms with Crippen LogP contribution in [0.1, 0.15) is 55.1 Å². The van der Waals surface area contributed by atoms with Crippen molar-refractivity contribution in [1.29, 1.82) is 0 Å². The monoisotopic (exact) mass is 340 g/mol. The van der Waals surface area contributed by atoms with Crippen LogP contribution < -0.4 is 0 Å². The van der Waals surface area contributed by atoms with E-state index in [2.05, 4.69) is 20.5 Å². The first-order chi connectivity index (χ1) is 9.48. The van der Waals surface area contributed by atoms with E-state index in [1.54, 1.807) is 11.9 Å². The van der Waals surface area contributed by atoms with Gasteiger partial charge in [0.15, 0.2) is 0 Å². The second kappa shape index (κ2) is 5.19. The maximum atomic E-state index is 12.6. The van der Waals surface area contributed by atoms with Gasteiger partial charge in [0.1, 0.15) is 5.69 Å². The van der Waals surface area contributed by atoms with Crippen molar-refractivity contribution in [2.24, 2.45) is 0 Å². The van der Waals surface area contributed by atoms with E-state index in [4.69, 9.17) is 0 Å². The summed E-state index contributed by atoms with van der Waals surface area (Å²) in [4.78, 5) is 14.3. The van der Waals surface area contributed by atoms with Gasteiger partial charge in [-0.25, -0.2) is 0 Å². The fourth-order valence-electron chi connectivity index (χ4n) is 3.17. The van der Waals surface area contributed by atoms with E-state index in [9.17, 15) is 9.90 Å². The van der Waals surface area contributed by atoms with Crippen LogP contribution in [0.4, 0.5) is 0 Å². The van der Waals surface area contributed by atoms with Crippen LogP contribution in [0.5, 0.6) is 0 Å². The Bertz CT molecular complexity index is 516. The van der Waals surface area contributed by atoms with E-state index in [0.717, 1.165) is 48.7 Å². The van der Waals surface area contributed by atoms with Crippen molar-refractivity contribution in [3.05, 3.63) is 22.4 Å². The number of carbonyl (C=O) groups excluding carboxylic acids is 1. The molecule has 2 saturated carbocycles. The summed E-state index contributed by atoms with van der Waals surface area (Å²) in [5, 5.41) is 10.4. The van der Waals surface area contributed by atoms with E-state index in [0.29, 0.717) is 12.6 Å². The normalized spacial score (nSPS) is 21.1. The van der Waals surface area contributed by atoms with Gasteiger partial charge in [-0.1, -0.05) is 12.8 Å². The van der Waals surface area contributed by atoms with Gasteiger partial charge in [-0.3, -0.25) is 4.79 Å². The quantitative estimate of drug-likeness (QED) is 0.915. The minimum atomic E-state index is -0.682. The molecule has 2 aliphatic carbocycles. The van der Waals surface area contributed by atoms with Crippen molar-refractivity contribution in [1.82, 2.24) is 9.47 Å². The van der Waals surface area contributed by atoms with Crippen molar-refractivity contribution in [3.63, 3.8) is 0 Å². The van der Waals surface area contributed by atoms with E-state index in [1.165, 1.54) is 0 Å². The molecule has 0 aromatic carbocycles. The lowest BCUT2D eigenvalue weighted by Gasteiger charge is -2.28. The summed E-state index contributed by atoms with van der Waals surface area (Å²) in [6.45, 7) is 0.430. The van der Waals surface area contributed by atoms with Crippen molar-refractivity contribution >= 4 is 21.8 Å². The summed E-state index contributed by atoms with van der Waals surface area (Å²) in [6.07, 6.45) is 8.01. The molecule has 110 valence electrons. The fourth-order valence-corrected chi connectivity index (χ4v) is 3.61. The number of aliphatic hydroxyl groups is 1. The molecule has 2 aliphatic rings. The Morgan fingerprint density at radius 1 is 1.50 bits per heavy atom. The number of aromatic nitrogens is 1. The largest absolute Gasteiger partial charge is 0.388 e. The molecule has 1 heterocycles. The molecule has 20 heavy (non-hydrogen) atoms. The van der Waals surface area contributed by atoms with Crippen LogP contribution in [0.2, 0.25) is 0 Å². The third kappa shape index (κ3) is 2.79. The van der Waals surface area contributed by atoms with Crippen molar-refractivity contribution < 1.29 is 9.90 Å². The van der Waals surface area contributed by atoms with Crippen LogP contribution in [0.3, 0.4) is 0 Å². The van der Waals surface area contributed by atoms with Gasteiger partial charge >= 0.3 is 0 Å². The van der Waals surface area contributed by atoms with E-state index < -0.39 is 5.60 Å². The van der Waals surface area contributed by atoms with Gasteiger partial charge in [0.2, 0.25) is 0 Å². The first-order valence-corrected chi connectivity index (χ1v) is 8.13. The minimum Gasteiger partial charge on any atom is -0.388 e. The highest BCUT2D eigenvalue weighted by Gasteiger charge is 2.35. The number of hydrogen-bond donors (Lipinski definition) is 1. The minimum absolute atomic E-state index is 0.00271. The molecule has 0 radical (unpaired) electrons. The number of nitrogens with zero attached hydrogens (tertiary/aromatic N) is 2. The summed E-state index contributed by atoms with van der Waals surface area (Å²) in [7, 11) is 1.79. The average Bonchev–Trinajstić information content (AvgIpc) is 3.05. The van der Waals surface area contributed by atoms with E-state index >= 15 is 0 Å². The van der Waals surface area contributed by atoms with Gasteiger partial charge in [0, 0.05) is 30.3 Å². The topological polar surface area (TPSA) is 45.5 Å². The molecular formula is C15H21BrN2O2. The van der Waals surface area contributed by atoms with Gasteiger partial charge in [0.05, 0.1) is 5.60 Å². The molecule has 1 aromatic heterocycles. The summed E-state index contributed by atoms with van der Waals surface area (Å²) in [6, 6.07) is 2.36. The van der Waals surface area contributed by atoms with Crippen LogP contribution in [0.25, 0.3) is 0 Å². The molecule has 0 spiro atoms. The van der Waals surface area contributed by atoms with Gasteiger partial charge < -0.3 is 14.6 Å².